The number of likely N-dealkylation sites (tertiary alicyclic amines) is 1. The van der Waals surface area contributed by atoms with E-state index in [4.69, 9.17) is 4.74 Å². The van der Waals surface area contributed by atoms with Crippen molar-refractivity contribution in [3.8, 4) is 5.75 Å². The van der Waals surface area contributed by atoms with Gasteiger partial charge in [0.25, 0.3) is 5.56 Å². The molecule has 150 valence electrons. The Bertz CT molecular complexity index is 1070. The van der Waals surface area contributed by atoms with Gasteiger partial charge in [-0.05, 0) is 31.0 Å². The zero-order valence-electron chi connectivity index (χ0n) is 16.2. The fourth-order valence-corrected chi connectivity index (χ4v) is 3.69. The van der Waals surface area contributed by atoms with Crippen molar-refractivity contribution >= 4 is 16.9 Å². The summed E-state index contributed by atoms with van der Waals surface area (Å²) in [5.41, 5.74) is 1.40. The maximum absolute atomic E-state index is 12.7. The van der Waals surface area contributed by atoms with Crippen LogP contribution in [0.5, 0.6) is 5.75 Å². The number of benzene rings is 2. The number of amides is 2. The average molecular weight is 393 g/mol. The zero-order chi connectivity index (χ0) is 20.2. The molecule has 2 heterocycles. The SMILES string of the molecule is COc1ccccc1CNC(=O)N1CCC(n2nnc3ccccc3c2=O)CC1. The number of para-hydroxylation sites is 1. The average Bonchev–Trinajstić information content (AvgIpc) is 2.78. The van der Waals surface area contributed by atoms with Crippen molar-refractivity contribution < 1.29 is 9.53 Å². The number of urea groups is 1. The monoisotopic (exact) mass is 393 g/mol. The third-order valence-electron chi connectivity index (χ3n) is 5.31. The molecule has 1 aromatic heterocycles. The van der Waals surface area contributed by atoms with Crippen LogP contribution in [0.1, 0.15) is 24.4 Å². The van der Waals surface area contributed by atoms with Crippen LogP contribution >= 0.6 is 0 Å². The first-order valence-corrected chi connectivity index (χ1v) is 9.66. The number of rotatable bonds is 4. The van der Waals surface area contributed by atoms with Crippen LogP contribution in [0, 0.1) is 0 Å². The van der Waals surface area contributed by atoms with Crippen LogP contribution in [0.2, 0.25) is 0 Å². The summed E-state index contributed by atoms with van der Waals surface area (Å²) in [5, 5.41) is 11.8. The molecule has 1 aliphatic heterocycles. The summed E-state index contributed by atoms with van der Waals surface area (Å²) in [6.45, 7) is 1.52. The first-order valence-electron chi connectivity index (χ1n) is 9.66. The predicted molar refractivity (Wildman–Crippen MR) is 109 cm³/mol. The molecule has 0 bridgehead atoms. The molecule has 2 aromatic carbocycles. The van der Waals surface area contributed by atoms with Crippen molar-refractivity contribution in [1.29, 1.82) is 0 Å². The van der Waals surface area contributed by atoms with Gasteiger partial charge in [0.1, 0.15) is 11.3 Å². The van der Waals surface area contributed by atoms with Gasteiger partial charge in [0.15, 0.2) is 0 Å². The van der Waals surface area contributed by atoms with Gasteiger partial charge in [0, 0.05) is 25.2 Å². The highest BCUT2D eigenvalue weighted by atomic mass is 16.5. The lowest BCUT2D eigenvalue weighted by molar-refractivity contribution is 0.166. The van der Waals surface area contributed by atoms with E-state index in [2.05, 4.69) is 15.6 Å². The second-order valence-electron chi connectivity index (χ2n) is 7.05. The molecule has 29 heavy (non-hydrogen) atoms. The Morgan fingerprint density at radius 3 is 2.66 bits per heavy atom. The van der Waals surface area contributed by atoms with E-state index in [0.29, 0.717) is 43.4 Å². The molecule has 0 saturated carbocycles. The molecule has 0 radical (unpaired) electrons. The van der Waals surface area contributed by atoms with Gasteiger partial charge in [-0.2, -0.15) is 0 Å². The maximum atomic E-state index is 12.7. The van der Waals surface area contributed by atoms with Gasteiger partial charge in [-0.15, -0.1) is 5.10 Å². The lowest BCUT2D eigenvalue weighted by Gasteiger charge is -2.32. The third kappa shape index (κ3) is 3.91. The molecule has 0 aliphatic carbocycles. The van der Waals surface area contributed by atoms with Gasteiger partial charge in [-0.3, -0.25) is 4.79 Å². The molecule has 1 N–H and O–H groups in total. The molecular weight excluding hydrogens is 370 g/mol. The van der Waals surface area contributed by atoms with Crippen molar-refractivity contribution in [2.24, 2.45) is 0 Å². The highest BCUT2D eigenvalue weighted by molar-refractivity contribution is 5.76. The van der Waals surface area contributed by atoms with E-state index >= 15 is 0 Å². The summed E-state index contributed by atoms with van der Waals surface area (Å²) >= 11 is 0. The number of methoxy groups -OCH3 is 1. The number of fused-ring (bicyclic) bond motifs is 1. The van der Waals surface area contributed by atoms with E-state index < -0.39 is 0 Å². The Hall–Kier alpha value is -3.42. The molecule has 8 heteroatoms. The summed E-state index contributed by atoms with van der Waals surface area (Å²) in [7, 11) is 1.61. The van der Waals surface area contributed by atoms with E-state index in [-0.39, 0.29) is 17.6 Å². The van der Waals surface area contributed by atoms with Gasteiger partial charge >= 0.3 is 6.03 Å². The van der Waals surface area contributed by atoms with Crippen LogP contribution in [0.25, 0.3) is 10.9 Å². The topological polar surface area (TPSA) is 89.3 Å². The number of hydrogen-bond acceptors (Lipinski definition) is 5. The number of aromatic nitrogens is 3. The lowest BCUT2D eigenvalue weighted by atomic mass is 10.1. The Morgan fingerprint density at radius 2 is 1.86 bits per heavy atom. The number of carbonyl (C=O) groups is 1. The lowest BCUT2D eigenvalue weighted by Crippen LogP contribution is -2.45. The Labute approximate surface area is 168 Å². The molecule has 1 fully saturated rings. The van der Waals surface area contributed by atoms with E-state index in [1.807, 2.05) is 36.4 Å². The number of ether oxygens (including phenoxy) is 1. The van der Waals surface area contributed by atoms with Crippen molar-refractivity contribution in [2.75, 3.05) is 20.2 Å². The van der Waals surface area contributed by atoms with Gasteiger partial charge in [-0.25, -0.2) is 9.48 Å². The van der Waals surface area contributed by atoms with Crippen LogP contribution in [-0.2, 0) is 6.54 Å². The fourth-order valence-electron chi connectivity index (χ4n) is 3.69. The molecule has 0 atom stereocenters. The number of nitrogens with one attached hydrogen (secondary N) is 1. The minimum absolute atomic E-state index is 0.0575. The van der Waals surface area contributed by atoms with Crippen LogP contribution in [0.15, 0.2) is 53.3 Å². The minimum Gasteiger partial charge on any atom is -0.496 e. The van der Waals surface area contributed by atoms with Crippen molar-refractivity contribution in [2.45, 2.75) is 25.4 Å². The van der Waals surface area contributed by atoms with Crippen LogP contribution in [0.4, 0.5) is 4.79 Å². The third-order valence-corrected chi connectivity index (χ3v) is 5.31. The second-order valence-corrected chi connectivity index (χ2v) is 7.05. The molecule has 0 spiro atoms. The largest absolute Gasteiger partial charge is 0.496 e. The molecule has 3 aromatic rings. The standard InChI is InChI=1S/C21H23N5O3/c1-29-19-9-5-2-6-15(19)14-22-21(28)25-12-10-16(11-13-25)26-20(27)17-7-3-4-8-18(17)23-24-26/h2-9,16H,10-14H2,1H3,(H,22,28). The first-order chi connectivity index (χ1) is 14.2. The van der Waals surface area contributed by atoms with E-state index in [0.717, 1.165) is 11.3 Å². The highest BCUT2D eigenvalue weighted by Crippen LogP contribution is 2.21. The summed E-state index contributed by atoms with van der Waals surface area (Å²) in [6.07, 6.45) is 1.32. The molecule has 1 saturated heterocycles. The number of piperidine rings is 1. The van der Waals surface area contributed by atoms with Crippen LogP contribution in [0.3, 0.4) is 0 Å². The number of carbonyl (C=O) groups excluding carboxylic acids is 1. The van der Waals surface area contributed by atoms with E-state index in [9.17, 15) is 9.59 Å². The normalized spacial score (nSPS) is 14.7. The smallest absolute Gasteiger partial charge is 0.317 e. The summed E-state index contributed by atoms with van der Waals surface area (Å²) in [6, 6.07) is 14.6. The predicted octanol–water partition coefficient (Wildman–Crippen LogP) is 2.35. The summed E-state index contributed by atoms with van der Waals surface area (Å²) < 4.78 is 6.78. The molecule has 0 unspecified atom stereocenters. The Kier molecular flexibility index (Phi) is 5.41. The second kappa shape index (κ2) is 8.30. The van der Waals surface area contributed by atoms with Crippen molar-refractivity contribution in [3.05, 3.63) is 64.4 Å². The quantitative estimate of drug-likeness (QED) is 0.735. The van der Waals surface area contributed by atoms with Crippen molar-refractivity contribution in [3.63, 3.8) is 0 Å². The minimum atomic E-state index is -0.130. The number of nitrogens with zero attached hydrogens (tertiary/aromatic N) is 4. The molecular formula is C21H23N5O3. The first kappa shape index (κ1) is 18.9. The van der Waals surface area contributed by atoms with E-state index in [1.165, 1.54) is 4.68 Å². The van der Waals surface area contributed by atoms with Crippen molar-refractivity contribution in [1.82, 2.24) is 25.2 Å². The van der Waals surface area contributed by atoms with Crippen LogP contribution in [-0.4, -0.2) is 46.1 Å². The summed E-state index contributed by atoms with van der Waals surface area (Å²) in [4.78, 5) is 27.0. The van der Waals surface area contributed by atoms with Gasteiger partial charge in [0.2, 0.25) is 0 Å². The zero-order valence-corrected chi connectivity index (χ0v) is 16.2. The summed E-state index contributed by atoms with van der Waals surface area (Å²) in [5.74, 6) is 0.751. The van der Waals surface area contributed by atoms with Crippen LogP contribution < -0.4 is 15.6 Å². The number of hydrogen-bond donors (Lipinski definition) is 1. The van der Waals surface area contributed by atoms with Gasteiger partial charge in [0.05, 0.1) is 18.5 Å². The molecule has 2 amide bonds. The maximum Gasteiger partial charge on any atom is 0.317 e. The molecule has 8 nitrogen and oxygen atoms in total. The Morgan fingerprint density at radius 1 is 1.14 bits per heavy atom. The fraction of sp³-hybridized carbons (Fsp3) is 0.333. The highest BCUT2D eigenvalue weighted by Gasteiger charge is 2.25. The molecule has 4 rings (SSSR count). The Balaban J connectivity index is 1.37. The van der Waals surface area contributed by atoms with Gasteiger partial charge in [-0.1, -0.05) is 35.5 Å². The van der Waals surface area contributed by atoms with Gasteiger partial charge < -0.3 is 15.0 Å². The molecule has 1 aliphatic rings. The van der Waals surface area contributed by atoms with E-state index in [1.54, 1.807) is 24.1 Å².